The van der Waals surface area contributed by atoms with E-state index in [-0.39, 0.29) is 16.6 Å². The molecule has 25 heavy (non-hydrogen) atoms. The predicted molar refractivity (Wildman–Crippen MR) is 92.6 cm³/mol. The zero-order valence-corrected chi connectivity index (χ0v) is 14.6. The van der Waals surface area contributed by atoms with Crippen molar-refractivity contribution >= 4 is 29.2 Å². The van der Waals surface area contributed by atoms with Gasteiger partial charge in [-0.3, -0.25) is 14.9 Å². The van der Waals surface area contributed by atoms with Crippen molar-refractivity contribution in [2.45, 2.75) is 51.0 Å². The Morgan fingerprint density at radius 1 is 1.20 bits per heavy atom. The first kappa shape index (κ1) is 19.2. The molecule has 1 amide bonds. The summed E-state index contributed by atoms with van der Waals surface area (Å²) in [4.78, 5) is 34.3. The maximum Gasteiger partial charge on any atom is 0.345 e. The van der Waals surface area contributed by atoms with Crippen LogP contribution in [0.15, 0.2) is 18.2 Å². The number of ether oxygens (including phenoxy) is 1. The Kier molecular flexibility index (Phi) is 7.18. The van der Waals surface area contributed by atoms with Crippen LogP contribution in [-0.4, -0.2) is 29.4 Å². The summed E-state index contributed by atoms with van der Waals surface area (Å²) in [7, 11) is 0. The van der Waals surface area contributed by atoms with Gasteiger partial charge in [0.2, 0.25) is 0 Å². The van der Waals surface area contributed by atoms with Gasteiger partial charge in [0, 0.05) is 17.1 Å². The molecule has 1 aromatic rings. The first-order chi connectivity index (χ1) is 12.0. The van der Waals surface area contributed by atoms with E-state index in [1.165, 1.54) is 25.3 Å². The Hall–Kier alpha value is -2.15. The van der Waals surface area contributed by atoms with Gasteiger partial charge in [-0.25, -0.2) is 4.79 Å². The number of carbonyl (C=O) groups is 2. The first-order valence-electron chi connectivity index (χ1n) is 8.38. The number of nitro groups is 1. The molecule has 1 aromatic carbocycles. The minimum atomic E-state index is -0.943. The minimum Gasteiger partial charge on any atom is -0.452 e. The molecule has 0 radical (unpaired) electrons. The van der Waals surface area contributed by atoms with Gasteiger partial charge < -0.3 is 10.1 Å². The van der Waals surface area contributed by atoms with Crippen LogP contribution < -0.4 is 5.32 Å². The van der Waals surface area contributed by atoms with Gasteiger partial charge in [-0.2, -0.15) is 0 Å². The van der Waals surface area contributed by atoms with Crippen LogP contribution in [-0.2, 0) is 9.53 Å². The maximum atomic E-state index is 12.1. The van der Waals surface area contributed by atoms with Gasteiger partial charge in [0.15, 0.2) is 6.61 Å². The van der Waals surface area contributed by atoms with Crippen molar-refractivity contribution in [1.29, 1.82) is 0 Å². The lowest BCUT2D eigenvalue weighted by Crippen LogP contribution is -2.38. The third-order valence-corrected chi connectivity index (χ3v) is 4.41. The molecule has 0 bridgehead atoms. The maximum absolute atomic E-state index is 12.1. The molecule has 1 N–H and O–H groups in total. The zero-order chi connectivity index (χ0) is 18.2. The topological polar surface area (TPSA) is 98.5 Å². The van der Waals surface area contributed by atoms with E-state index in [1.54, 1.807) is 0 Å². The van der Waals surface area contributed by atoms with E-state index in [0.29, 0.717) is 0 Å². The van der Waals surface area contributed by atoms with Crippen molar-refractivity contribution in [2.24, 2.45) is 0 Å². The monoisotopic (exact) mass is 368 g/mol. The lowest BCUT2D eigenvalue weighted by atomic mass is 9.97. The van der Waals surface area contributed by atoms with Crippen molar-refractivity contribution in [3.05, 3.63) is 38.9 Å². The standard InChI is InChI=1S/C17H21ClN2O5/c18-12-8-9-15(20(23)24)14(10-12)17(22)25-11-16(21)19-13-6-4-2-1-3-5-7-13/h8-10,13H,1-7,11H2,(H,19,21). The number of nitrogens with zero attached hydrogens (tertiary/aromatic N) is 1. The Morgan fingerprint density at radius 2 is 1.84 bits per heavy atom. The van der Waals surface area contributed by atoms with Gasteiger partial charge in [0.25, 0.3) is 11.6 Å². The highest BCUT2D eigenvalue weighted by Crippen LogP contribution is 2.23. The van der Waals surface area contributed by atoms with Gasteiger partial charge in [0.05, 0.1) is 4.92 Å². The fraction of sp³-hybridized carbons (Fsp3) is 0.529. The van der Waals surface area contributed by atoms with E-state index in [4.69, 9.17) is 16.3 Å². The van der Waals surface area contributed by atoms with Crippen LogP contribution in [0.3, 0.4) is 0 Å². The number of carbonyl (C=O) groups excluding carboxylic acids is 2. The highest BCUT2D eigenvalue weighted by Gasteiger charge is 2.23. The molecule has 0 saturated heterocycles. The Balaban J connectivity index is 1.90. The van der Waals surface area contributed by atoms with Gasteiger partial charge in [0.1, 0.15) is 5.56 Å². The quantitative estimate of drug-likeness (QED) is 0.486. The SMILES string of the molecule is O=C(COC(=O)c1cc(Cl)ccc1[N+](=O)[O-])NC1CCCCCCC1. The third-order valence-electron chi connectivity index (χ3n) is 4.18. The minimum absolute atomic E-state index is 0.0898. The molecule has 2 rings (SSSR count). The first-order valence-corrected chi connectivity index (χ1v) is 8.75. The van der Waals surface area contributed by atoms with Gasteiger partial charge in [-0.15, -0.1) is 0 Å². The van der Waals surface area contributed by atoms with Crippen molar-refractivity contribution < 1.29 is 19.2 Å². The Labute approximate surface area is 150 Å². The molecule has 0 spiro atoms. The van der Waals surface area contributed by atoms with E-state index in [0.717, 1.165) is 37.8 Å². The Bertz CT molecular complexity index is 642. The molecule has 7 nitrogen and oxygen atoms in total. The summed E-state index contributed by atoms with van der Waals surface area (Å²) in [6, 6.07) is 3.70. The van der Waals surface area contributed by atoms with Gasteiger partial charge in [-0.1, -0.05) is 43.7 Å². The van der Waals surface area contributed by atoms with E-state index in [2.05, 4.69) is 5.32 Å². The van der Waals surface area contributed by atoms with E-state index in [9.17, 15) is 19.7 Å². The molecule has 1 aliphatic carbocycles. The largest absolute Gasteiger partial charge is 0.452 e. The number of hydrogen-bond acceptors (Lipinski definition) is 5. The summed E-state index contributed by atoms with van der Waals surface area (Å²) in [5.74, 6) is -1.34. The molecule has 1 fully saturated rings. The second kappa shape index (κ2) is 9.36. The molecular formula is C17H21ClN2O5. The van der Waals surface area contributed by atoms with Crippen molar-refractivity contribution in [3.8, 4) is 0 Å². The summed E-state index contributed by atoms with van der Waals surface area (Å²) in [6.45, 7) is -0.473. The van der Waals surface area contributed by atoms with Crippen LogP contribution >= 0.6 is 11.6 Å². The van der Waals surface area contributed by atoms with E-state index in [1.807, 2.05) is 0 Å². The van der Waals surface area contributed by atoms with Crippen LogP contribution in [0.25, 0.3) is 0 Å². The second-order valence-corrected chi connectivity index (χ2v) is 6.54. The highest BCUT2D eigenvalue weighted by atomic mass is 35.5. The second-order valence-electron chi connectivity index (χ2n) is 6.10. The number of esters is 1. The van der Waals surface area contributed by atoms with Crippen LogP contribution in [0.2, 0.25) is 5.02 Å². The molecule has 1 aliphatic rings. The van der Waals surface area contributed by atoms with Crippen LogP contribution in [0.1, 0.15) is 55.3 Å². The van der Waals surface area contributed by atoms with Gasteiger partial charge in [-0.05, 0) is 25.0 Å². The number of rotatable bonds is 5. The molecule has 0 aromatic heterocycles. The lowest BCUT2D eigenvalue weighted by molar-refractivity contribution is -0.385. The number of hydrogen-bond donors (Lipinski definition) is 1. The average molecular weight is 369 g/mol. The predicted octanol–water partition coefficient (Wildman–Crippen LogP) is 3.63. The van der Waals surface area contributed by atoms with Gasteiger partial charge >= 0.3 is 5.97 Å². The fourth-order valence-corrected chi connectivity index (χ4v) is 3.08. The molecule has 0 atom stereocenters. The van der Waals surface area contributed by atoms with Crippen molar-refractivity contribution in [2.75, 3.05) is 6.61 Å². The molecular weight excluding hydrogens is 348 g/mol. The van der Waals surface area contributed by atoms with E-state index >= 15 is 0 Å². The number of amides is 1. The smallest absolute Gasteiger partial charge is 0.345 e. The van der Waals surface area contributed by atoms with Crippen LogP contribution in [0, 0.1) is 10.1 Å². The summed E-state index contributed by atoms with van der Waals surface area (Å²) >= 11 is 5.78. The fourth-order valence-electron chi connectivity index (χ4n) is 2.91. The highest BCUT2D eigenvalue weighted by molar-refractivity contribution is 6.31. The number of nitrogens with one attached hydrogen (secondary N) is 1. The average Bonchev–Trinajstić information content (AvgIpc) is 2.54. The van der Waals surface area contributed by atoms with Crippen molar-refractivity contribution in [3.63, 3.8) is 0 Å². The summed E-state index contributed by atoms with van der Waals surface area (Å²) in [6.07, 6.45) is 7.54. The number of benzene rings is 1. The summed E-state index contributed by atoms with van der Waals surface area (Å²) in [5, 5.41) is 14.0. The summed E-state index contributed by atoms with van der Waals surface area (Å²) in [5.41, 5.74) is -0.675. The molecule has 8 heteroatoms. The molecule has 0 aliphatic heterocycles. The lowest BCUT2D eigenvalue weighted by Gasteiger charge is -2.20. The van der Waals surface area contributed by atoms with Crippen LogP contribution in [0.5, 0.6) is 0 Å². The zero-order valence-electron chi connectivity index (χ0n) is 13.8. The molecule has 1 saturated carbocycles. The van der Waals surface area contributed by atoms with Crippen LogP contribution in [0.4, 0.5) is 5.69 Å². The van der Waals surface area contributed by atoms with E-state index < -0.39 is 29.1 Å². The summed E-state index contributed by atoms with van der Waals surface area (Å²) < 4.78 is 4.92. The normalized spacial score (nSPS) is 15.7. The molecule has 136 valence electrons. The van der Waals surface area contributed by atoms with Crippen molar-refractivity contribution in [1.82, 2.24) is 5.32 Å². The molecule has 0 heterocycles. The molecule has 0 unspecified atom stereocenters. The number of nitro benzene ring substituents is 1. The third kappa shape index (κ3) is 6.01. The number of halogens is 1. The Morgan fingerprint density at radius 3 is 2.48 bits per heavy atom.